The van der Waals surface area contributed by atoms with Gasteiger partial charge in [0.25, 0.3) is 0 Å². The fraction of sp³-hybridized carbons (Fsp3) is 0.444. The third-order valence-electron chi connectivity index (χ3n) is 4.66. The minimum atomic E-state index is 0.187. The van der Waals surface area contributed by atoms with Crippen LogP contribution < -0.4 is 15.0 Å². The average molecular weight is 310 g/mol. The van der Waals surface area contributed by atoms with Crippen LogP contribution in [-0.2, 0) is 19.3 Å². The van der Waals surface area contributed by atoms with Crippen molar-refractivity contribution < 1.29 is 4.74 Å². The van der Waals surface area contributed by atoms with Crippen LogP contribution in [0, 0.1) is 0 Å². The van der Waals surface area contributed by atoms with E-state index in [9.17, 15) is 0 Å². The third kappa shape index (κ3) is 2.88. The van der Waals surface area contributed by atoms with E-state index in [0.717, 1.165) is 50.5 Å². The van der Waals surface area contributed by atoms with Gasteiger partial charge in [0.1, 0.15) is 24.0 Å². The van der Waals surface area contributed by atoms with Gasteiger partial charge in [0.05, 0.1) is 12.2 Å². The maximum Gasteiger partial charge on any atom is 0.135 e. The molecule has 2 aromatic rings. The van der Waals surface area contributed by atoms with Crippen molar-refractivity contribution in [2.45, 2.75) is 25.4 Å². The molecule has 0 aliphatic carbocycles. The Hall–Kier alpha value is -2.14. The van der Waals surface area contributed by atoms with Gasteiger partial charge in [-0.2, -0.15) is 0 Å². The van der Waals surface area contributed by atoms with Crippen LogP contribution in [0.15, 0.2) is 30.6 Å². The SMILES string of the molecule is CN(CC1Cc2ccccc2O1)c1ncnc2c1CCNCC2. The average Bonchev–Trinajstić information content (AvgIpc) is 2.81. The number of ether oxygens (including phenoxy) is 1. The molecule has 0 amide bonds. The Bertz CT molecular complexity index is 678. The number of benzene rings is 1. The minimum Gasteiger partial charge on any atom is -0.488 e. The molecule has 2 aliphatic rings. The first-order valence-corrected chi connectivity index (χ1v) is 8.30. The van der Waals surface area contributed by atoms with Gasteiger partial charge in [-0.05, 0) is 24.6 Å². The van der Waals surface area contributed by atoms with E-state index in [0.29, 0.717) is 0 Å². The van der Waals surface area contributed by atoms with Crippen molar-refractivity contribution in [3.63, 3.8) is 0 Å². The summed E-state index contributed by atoms with van der Waals surface area (Å²) in [5, 5.41) is 3.43. The van der Waals surface area contributed by atoms with Crippen molar-refractivity contribution in [3.8, 4) is 5.75 Å². The highest BCUT2D eigenvalue weighted by molar-refractivity contribution is 5.49. The summed E-state index contributed by atoms with van der Waals surface area (Å²) >= 11 is 0. The Balaban J connectivity index is 1.51. The number of hydrogen-bond acceptors (Lipinski definition) is 5. The molecule has 1 unspecified atom stereocenters. The summed E-state index contributed by atoms with van der Waals surface area (Å²) in [6.07, 6.45) is 4.81. The van der Waals surface area contributed by atoms with Gasteiger partial charge in [-0.15, -0.1) is 0 Å². The Morgan fingerprint density at radius 2 is 2.09 bits per heavy atom. The number of likely N-dealkylation sites (N-methyl/N-ethyl adjacent to an activating group) is 1. The number of nitrogens with one attached hydrogen (secondary N) is 1. The van der Waals surface area contributed by atoms with Crippen LogP contribution in [0.25, 0.3) is 0 Å². The quantitative estimate of drug-likeness (QED) is 0.933. The second-order valence-corrected chi connectivity index (χ2v) is 6.30. The highest BCUT2D eigenvalue weighted by Gasteiger charge is 2.25. The summed E-state index contributed by atoms with van der Waals surface area (Å²) < 4.78 is 6.07. The molecule has 0 radical (unpaired) electrons. The molecule has 0 saturated carbocycles. The van der Waals surface area contributed by atoms with E-state index in [1.165, 1.54) is 16.8 Å². The number of hydrogen-bond donors (Lipinski definition) is 1. The third-order valence-corrected chi connectivity index (χ3v) is 4.66. The molecule has 5 heteroatoms. The molecule has 1 aromatic heterocycles. The van der Waals surface area contributed by atoms with Gasteiger partial charge in [0, 0.05) is 32.0 Å². The molecule has 1 aromatic carbocycles. The van der Waals surface area contributed by atoms with E-state index >= 15 is 0 Å². The first-order chi connectivity index (χ1) is 11.3. The van der Waals surface area contributed by atoms with Crippen LogP contribution in [0.2, 0.25) is 0 Å². The molecular formula is C18H22N4O. The predicted molar refractivity (Wildman–Crippen MR) is 90.1 cm³/mol. The highest BCUT2D eigenvalue weighted by Crippen LogP contribution is 2.29. The largest absolute Gasteiger partial charge is 0.488 e. The van der Waals surface area contributed by atoms with Crippen LogP contribution in [-0.4, -0.2) is 42.8 Å². The van der Waals surface area contributed by atoms with Crippen LogP contribution in [0.4, 0.5) is 5.82 Å². The van der Waals surface area contributed by atoms with Gasteiger partial charge in [-0.3, -0.25) is 0 Å². The molecule has 0 bridgehead atoms. The minimum absolute atomic E-state index is 0.187. The van der Waals surface area contributed by atoms with E-state index in [1.54, 1.807) is 6.33 Å². The predicted octanol–water partition coefficient (Wildman–Crippen LogP) is 1.60. The molecule has 1 N–H and O–H groups in total. The van der Waals surface area contributed by atoms with Crippen LogP contribution in [0.5, 0.6) is 5.75 Å². The number of rotatable bonds is 3. The summed E-state index contributed by atoms with van der Waals surface area (Å²) in [5.74, 6) is 2.08. The van der Waals surface area contributed by atoms with Gasteiger partial charge >= 0.3 is 0 Å². The summed E-state index contributed by atoms with van der Waals surface area (Å²) in [5.41, 5.74) is 3.77. The number of fused-ring (bicyclic) bond motifs is 2. The van der Waals surface area contributed by atoms with Crippen molar-refractivity contribution >= 4 is 5.82 Å². The van der Waals surface area contributed by atoms with Crippen LogP contribution in [0.3, 0.4) is 0 Å². The number of aromatic nitrogens is 2. The second-order valence-electron chi connectivity index (χ2n) is 6.30. The monoisotopic (exact) mass is 310 g/mol. The number of nitrogens with zero attached hydrogens (tertiary/aromatic N) is 3. The van der Waals surface area contributed by atoms with Gasteiger partial charge in [-0.25, -0.2) is 9.97 Å². The van der Waals surface area contributed by atoms with Crippen molar-refractivity contribution in [3.05, 3.63) is 47.4 Å². The van der Waals surface area contributed by atoms with E-state index in [-0.39, 0.29) is 6.10 Å². The lowest BCUT2D eigenvalue weighted by Crippen LogP contribution is -2.33. The fourth-order valence-electron chi connectivity index (χ4n) is 3.53. The van der Waals surface area contributed by atoms with Crippen LogP contribution >= 0.6 is 0 Å². The number of anilines is 1. The molecule has 0 fully saturated rings. The Labute approximate surface area is 136 Å². The van der Waals surface area contributed by atoms with Crippen molar-refractivity contribution in [1.29, 1.82) is 0 Å². The van der Waals surface area contributed by atoms with Crippen molar-refractivity contribution in [2.24, 2.45) is 0 Å². The van der Waals surface area contributed by atoms with Gasteiger partial charge in [0.2, 0.25) is 0 Å². The zero-order valence-electron chi connectivity index (χ0n) is 13.5. The zero-order chi connectivity index (χ0) is 15.6. The smallest absolute Gasteiger partial charge is 0.135 e. The fourth-order valence-corrected chi connectivity index (χ4v) is 3.53. The summed E-state index contributed by atoms with van der Waals surface area (Å²) in [4.78, 5) is 11.3. The Morgan fingerprint density at radius 3 is 3.00 bits per heavy atom. The lowest BCUT2D eigenvalue weighted by atomic mass is 10.1. The molecule has 2 aliphatic heterocycles. The van der Waals surface area contributed by atoms with E-state index < -0.39 is 0 Å². The molecular weight excluding hydrogens is 288 g/mol. The molecule has 3 heterocycles. The second kappa shape index (κ2) is 6.16. The normalized spacial score (nSPS) is 19.4. The van der Waals surface area contributed by atoms with Crippen molar-refractivity contribution in [2.75, 3.05) is 31.6 Å². The summed E-state index contributed by atoms with van der Waals surface area (Å²) in [6.45, 7) is 2.83. The maximum absolute atomic E-state index is 6.07. The first kappa shape index (κ1) is 14.5. The van der Waals surface area contributed by atoms with E-state index in [4.69, 9.17) is 4.74 Å². The Morgan fingerprint density at radius 1 is 1.22 bits per heavy atom. The van der Waals surface area contributed by atoms with E-state index in [2.05, 4.69) is 45.4 Å². The lowest BCUT2D eigenvalue weighted by Gasteiger charge is -2.24. The van der Waals surface area contributed by atoms with Gasteiger partial charge in [-0.1, -0.05) is 18.2 Å². The molecule has 0 saturated heterocycles. The zero-order valence-corrected chi connectivity index (χ0v) is 13.5. The first-order valence-electron chi connectivity index (χ1n) is 8.30. The molecule has 1 atom stereocenters. The highest BCUT2D eigenvalue weighted by atomic mass is 16.5. The summed E-state index contributed by atoms with van der Waals surface area (Å²) in [6, 6.07) is 8.31. The standard InChI is InChI=1S/C18H22N4O/c1-22(11-14-10-13-4-2-3-5-17(13)23-14)18-15-6-8-19-9-7-16(15)20-12-21-18/h2-5,12,14,19H,6-11H2,1H3. The molecule has 120 valence electrons. The topological polar surface area (TPSA) is 50.3 Å². The van der Waals surface area contributed by atoms with E-state index in [1.807, 2.05) is 6.07 Å². The van der Waals surface area contributed by atoms with Gasteiger partial charge in [0.15, 0.2) is 0 Å². The maximum atomic E-state index is 6.07. The molecule has 0 spiro atoms. The lowest BCUT2D eigenvalue weighted by molar-refractivity contribution is 0.239. The molecule has 5 nitrogen and oxygen atoms in total. The van der Waals surface area contributed by atoms with Crippen molar-refractivity contribution in [1.82, 2.24) is 15.3 Å². The number of para-hydroxylation sites is 1. The van der Waals surface area contributed by atoms with Gasteiger partial charge < -0.3 is 15.0 Å². The Kier molecular flexibility index (Phi) is 3.87. The summed E-state index contributed by atoms with van der Waals surface area (Å²) in [7, 11) is 2.10. The molecule has 23 heavy (non-hydrogen) atoms. The van der Waals surface area contributed by atoms with Crippen LogP contribution in [0.1, 0.15) is 16.8 Å². The molecule has 4 rings (SSSR count).